The van der Waals surface area contributed by atoms with E-state index in [9.17, 15) is 0 Å². The highest BCUT2D eigenvalue weighted by Gasteiger charge is 2.04. The molecule has 1 aromatic heterocycles. The molecule has 0 amide bonds. The van der Waals surface area contributed by atoms with E-state index in [1.807, 2.05) is 12.1 Å². The molecule has 1 N–H and O–H groups in total. The van der Waals surface area contributed by atoms with Gasteiger partial charge < -0.3 is 9.73 Å². The molecule has 2 heteroatoms. The molecule has 0 fully saturated rings. The molecule has 96 valence electrons. The molecule has 18 heavy (non-hydrogen) atoms. The highest BCUT2D eigenvalue weighted by molar-refractivity contribution is 5.57. The van der Waals surface area contributed by atoms with Gasteiger partial charge in [-0.3, -0.25) is 0 Å². The first kappa shape index (κ1) is 12.9. The molecule has 0 aliphatic carbocycles. The van der Waals surface area contributed by atoms with Crippen molar-refractivity contribution in [2.75, 3.05) is 6.54 Å². The van der Waals surface area contributed by atoms with Gasteiger partial charge in [-0.05, 0) is 44.0 Å². The second-order valence-corrected chi connectivity index (χ2v) is 4.73. The predicted molar refractivity (Wildman–Crippen MR) is 75.6 cm³/mol. The van der Waals surface area contributed by atoms with Crippen molar-refractivity contribution in [2.24, 2.45) is 0 Å². The summed E-state index contributed by atoms with van der Waals surface area (Å²) in [5.74, 6) is 0.929. The van der Waals surface area contributed by atoms with Crippen LogP contribution in [-0.2, 0) is 6.42 Å². The first-order valence-electron chi connectivity index (χ1n) is 6.66. The van der Waals surface area contributed by atoms with Crippen LogP contribution < -0.4 is 5.32 Å². The van der Waals surface area contributed by atoms with Crippen molar-refractivity contribution in [3.05, 3.63) is 48.2 Å². The summed E-state index contributed by atoms with van der Waals surface area (Å²) in [5.41, 5.74) is 2.50. The monoisotopic (exact) mass is 243 g/mol. The highest BCUT2D eigenvalue weighted by Crippen LogP contribution is 2.20. The topological polar surface area (TPSA) is 25.2 Å². The Bertz CT molecular complexity index is 444. The van der Waals surface area contributed by atoms with Crippen molar-refractivity contribution in [1.29, 1.82) is 0 Å². The van der Waals surface area contributed by atoms with Crippen LogP contribution in [-0.4, -0.2) is 12.6 Å². The first-order valence-corrected chi connectivity index (χ1v) is 6.66. The minimum atomic E-state index is 0.527. The summed E-state index contributed by atoms with van der Waals surface area (Å²) in [4.78, 5) is 0. The summed E-state index contributed by atoms with van der Waals surface area (Å²) in [7, 11) is 0. The molecule has 2 rings (SSSR count). The molecular weight excluding hydrogens is 222 g/mol. The molecule has 2 aromatic rings. The molecule has 1 unspecified atom stereocenters. The fourth-order valence-electron chi connectivity index (χ4n) is 2.06. The Kier molecular flexibility index (Phi) is 4.59. The van der Waals surface area contributed by atoms with Crippen molar-refractivity contribution in [2.45, 2.75) is 32.7 Å². The Morgan fingerprint density at radius 3 is 2.56 bits per heavy atom. The van der Waals surface area contributed by atoms with Gasteiger partial charge in [0.15, 0.2) is 0 Å². The van der Waals surface area contributed by atoms with E-state index in [4.69, 9.17) is 4.42 Å². The molecule has 0 saturated heterocycles. The number of rotatable bonds is 6. The Labute approximate surface area is 109 Å². The van der Waals surface area contributed by atoms with Crippen molar-refractivity contribution in [1.82, 2.24) is 5.32 Å². The molecule has 1 atom stereocenters. The Morgan fingerprint density at radius 1 is 1.17 bits per heavy atom. The van der Waals surface area contributed by atoms with Gasteiger partial charge in [0, 0.05) is 11.6 Å². The molecule has 0 aliphatic heterocycles. The van der Waals surface area contributed by atoms with Crippen molar-refractivity contribution in [3.63, 3.8) is 0 Å². The van der Waals surface area contributed by atoms with Gasteiger partial charge in [-0.1, -0.05) is 31.2 Å². The van der Waals surface area contributed by atoms with Gasteiger partial charge in [-0.25, -0.2) is 0 Å². The van der Waals surface area contributed by atoms with E-state index in [2.05, 4.69) is 43.4 Å². The summed E-state index contributed by atoms with van der Waals surface area (Å²) in [5, 5.41) is 3.50. The third-order valence-corrected chi connectivity index (χ3v) is 3.04. The molecule has 2 nitrogen and oxygen atoms in total. The smallest absolute Gasteiger partial charge is 0.133 e. The van der Waals surface area contributed by atoms with Crippen molar-refractivity contribution >= 4 is 0 Å². The van der Waals surface area contributed by atoms with Gasteiger partial charge in [-0.2, -0.15) is 0 Å². The lowest BCUT2D eigenvalue weighted by molar-refractivity contribution is 0.543. The van der Waals surface area contributed by atoms with E-state index in [0.717, 1.165) is 24.3 Å². The lowest BCUT2D eigenvalue weighted by Crippen LogP contribution is -2.28. The minimum absolute atomic E-state index is 0.527. The zero-order chi connectivity index (χ0) is 12.8. The summed E-state index contributed by atoms with van der Waals surface area (Å²) in [6.07, 6.45) is 3.96. The molecule has 1 heterocycles. The van der Waals surface area contributed by atoms with E-state index >= 15 is 0 Å². The van der Waals surface area contributed by atoms with Crippen LogP contribution in [0.25, 0.3) is 11.3 Å². The molecule has 0 aliphatic rings. The van der Waals surface area contributed by atoms with Crippen LogP contribution in [0.2, 0.25) is 0 Å². The number of nitrogens with one attached hydrogen (secondary N) is 1. The summed E-state index contributed by atoms with van der Waals surface area (Å²) >= 11 is 0. The Morgan fingerprint density at radius 2 is 1.94 bits per heavy atom. The van der Waals surface area contributed by atoms with E-state index < -0.39 is 0 Å². The van der Waals surface area contributed by atoms with Gasteiger partial charge in [0.05, 0.1) is 6.26 Å². The number of furan rings is 1. The largest absolute Gasteiger partial charge is 0.464 e. The maximum Gasteiger partial charge on any atom is 0.133 e. The van der Waals surface area contributed by atoms with Crippen molar-refractivity contribution < 1.29 is 4.42 Å². The fourth-order valence-corrected chi connectivity index (χ4v) is 2.06. The van der Waals surface area contributed by atoms with Gasteiger partial charge in [0.25, 0.3) is 0 Å². The maximum atomic E-state index is 5.38. The lowest BCUT2D eigenvalue weighted by Gasteiger charge is -2.13. The standard InChI is InChI=1S/C16H21NO/c1-3-10-17-13(2)12-14-6-8-15(9-7-14)16-5-4-11-18-16/h4-9,11,13,17H,3,10,12H2,1-2H3. The molecule has 1 aromatic carbocycles. The average molecular weight is 243 g/mol. The summed E-state index contributed by atoms with van der Waals surface area (Å²) < 4.78 is 5.38. The van der Waals surface area contributed by atoms with E-state index in [1.165, 1.54) is 12.0 Å². The van der Waals surface area contributed by atoms with Crippen LogP contribution in [0.15, 0.2) is 47.1 Å². The van der Waals surface area contributed by atoms with E-state index in [0.29, 0.717) is 6.04 Å². The van der Waals surface area contributed by atoms with Crippen LogP contribution >= 0.6 is 0 Å². The van der Waals surface area contributed by atoms with Gasteiger partial charge in [0.1, 0.15) is 5.76 Å². The second kappa shape index (κ2) is 6.41. The molecule has 0 saturated carbocycles. The predicted octanol–water partition coefficient (Wildman–Crippen LogP) is 3.88. The second-order valence-electron chi connectivity index (χ2n) is 4.73. The quantitative estimate of drug-likeness (QED) is 0.833. The van der Waals surface area contributed by atoms with Gasteiger partial charge >= 0.3 is 0 Å². The zero-order valence-corrected chi connectivity index (χ0v) is 11.1. The number of hydrogen-bond acceptors (Lipinski definition) is 2. The number of benzene rings is 1. The minimum Gasteiger partial charge on any atom is -0.464 e. The van der Waals surface area contributed by atoms with Crippen LogP contribution in [0.1, 0.15) is 25.8 Å². The average Bonchev–Trinajstić information content (AvgIpc) is 2.91. The molecule has 0 bridgehead atoms. The van der Waals surface area contributed by atoms with Crippen LogP contribution in [0.3, 0.4) is 0 Å². The normalized spacial score (nSPS) is 12.6. The molecular formula is C16H21NO. The van der Waals surface area contributed by atoms with Crippen LogP contribution in [0.5, 0.6) is 0 Å². The van der Waals surface area contributed by atoms with Gasteiger partial charge in [-0.15, -0.1) is 0 Å². The summed E-state index contributed by atoms with van der Waals surface area (Å²) in [6.45, 7) is 5.51. The first-order chi connectivity index (χ1) is 8.79. The van der Waals surface area contributed by atoms with Crippen molar-refractivity contribution in [3.8, 4) is 11.3 Å². The number of hydrogen-bond donors (Lipinski definition) is 1. The Hall–Kier alpha value is -1.54. The molecule has 0 spiro atoms. The van der Waals surface area contributed by atoms with E-state index in [-0.39, 0.29) is 0 Å². The zero-order valence-electron chi connectivity index (χ0n) is 11.1. The van der Waals surface area contributed by atoms with Crippen LogP contribution in [0, 0.1) is 0 Å². The third-order valence-electron chi connectivity index (χ3n) is 3.04. The highest BCUT2D eigenvalue weighted by atomic mass is 16.3. The summed E-state index contributed by atoms with van der Waals surface area (Å²) in [6, 6.07) is 13.0. The Balaban J connectivity index is 1.95. The van der Waals surface area contributed by atoms with Crippen LogP contribution in [0.4, 0.5) is 0 Å². The van der Waals surface area contributed by atoms with E-state index in [1.54, 1.807) is 6.26 Å². The molecule has 0 radical (unpaired) electrons. The fraction of sp³-hybridized carbons (Fsp3) is 0.375. The lowest BCUT2D eigenvalue weighted by atomic mass is 10.0. The van der Waals surface area contributed by atoms with Gasteiger partial charge in [0.2, 0.25) is 0 Å². The third kappa shape index (κ3) is 3.47. The SMILES string of the molecule is CCCNC(C)Cc1ccc(-c2ccco2)cc1. The maximum absolute atomic E-state index is 5.38.